The molecule has 90 valence electrons. The average Bonchev–Trinajstić information content (AvgIpc) is 2.32. The van der Waals surface area contributed by atoms with Crippen LogP contribution in [0.2, 0.25) is 0 Å². The Morgan fingerprint density at radius 3 is 2.62 bits per heavy atom. The van der Waals surface area contributed by atoms with E-state index in [-0.39, 0.29) is 0 Å². The second-order valence-electron chi connectivity index (χ2n) is 3.93. The van der Waals surface area contributed by atoms with Crippen molar-refractivity contribution in [3.8, 4) is 0 Å². The van der Waals surface area contributed by atoms with Crippen LogP contribution in [-0.4, -0.2) is 28.8 Å². The maximum Gasteiger partial charge on any atom is 0.187 e. The number of nitrogens with one attached hydrogen (secondary N) is 1. The van der Waals surface area contributed by atoms with E-state index < -0.39 is 0 Å². The molecule has 0 aliphatic rings. The minimum absolute atomic E-state index is 0.652. The molecule has 1 aromatic rings. The first-order chi connectivity index (χ1) is 7.76. The number of hydrogen-bond donors (Lipinski definition) is 1. The molecule has 1 rings (SSSR count). The summed E-state index contributed by atoms with van der Waals surface area (Å²) in [6.07, 6.45) is 7.38. The maximum atomic E-state index is 4.27. The van der Waals surface area contributed by atoms with Crippen molar-refractivity contribution in [2.45, 2.75) is 44.3 Å². The van der Waals surface area contributed by atoms with Crippen LogP contribution >= 0.6 is 11.8 Å². The molecule has 0 fully saturated rings. The Balaban J connectivity index is 2.18. The lowest BCUT2D eigenvalue weighted by atomic mass is 10.1. The van der Waals surface area contributed by atoms with E-state index in [1.807, 2.05) is 26.4 Å². The van der Waals surface area contributed by atoms with Gasteiger partial charge in [0.2, 0.25) is 0 Å². The summed E-state index contributed by atoms with van der Waals surface area (Å²) in [5, 5.41) is 4.21. The second-order valence-corrected chi connectivity index (χ2v) is 4.99. The van der Waals surface area contributed by atoms with Crippen molar-refractivity contribution < 1.29 is 0 Å². The number of aryl methyl sites for hydroxylation is 1. The van der Waals surface area contributed by atoms with Crippen LogP contribution < -0.4 is 5.32 Å². The van der Waals surface area contributed by atoms with E-state index in [0.29, 0.717) is 6.04 Å². The van der Waals surface area contributed by atoms with Gasteiger partial charge in [-0.15, -0.1) is 0 Å². The minimum Gasteiger partial charge on any atom is -0.317 e. The van der Waals surface area contributed by atoms with Crippen molar-refractivity contribution in [2.24, 2.45) is 0 Å². The highest BCUT2D eigenvalue weighted by Crippen LogP contribution is 2.15. The van der Waals surface area contributed by atoms with Crippen molar-refractivity contribution in [1.29, 1.82) is 0 Å². The predicted molar refractivity (Wildman–Crippen MR) is 69.9 cm³/mol. The normalized spacial score (nSPS) is 12.7. The first kappa shape index (κ1) is 13.5. The van der Waals surface area contributed by atoms with Gasteiger partial charge in [-0.3, -0.25) is 0 Å². The lowest BCUT2D eigenvalue weighted by Gasteiger charge is -2.12. The Kier molecular flexibility index (Phi) is 6.42. The molecule has 0 radical (unpaired) electrons. The lowest BCUT2D eigenvalue weighted by molar-refractivity contribution is 0.504. The summed E-state index contributed by atoms with van der Waals surface area (Å²) < 4.78 is 0. The highest BCUT2D eigenvalue weighted by molar-refractivity contribution is 7.99. The number of rotatable bonds is 7. The van der Waals surface area contributed by atoms with E-state index in [1.54, 1.807) is 11.8 Å². The van der Waals surface area contributed by atoms with Gasteiger partial charge in [0.1, 0.15) is 0 Å². The summed E-state index contributed by atoms with van der Waals surface area (Å²) in [5.74, 6) is 1.10. The van der Waals surface area contributed by atoms with Crippen molar-refractivity contribution in [1.82, 2.24) is 15.3 Å². The Bertz CT molecular complexity index is 283. The first-order valence-electron chi connectivity index (χ1n) is 5.85. The van der Waals surface area contributed by atoms with Gasteiger partial charge in [0, 0.05) is 24.2 Å². The van der Waals surface area contributed by atoms with Gasteiger partial charge in [-0.05, 0) is 38.8 Å². The zero-order chi connectivity index (χ0) is 11.8. The molecule has 1 unspecified atom stereocenters. The third-order valence-electron chi connectivity index (χ3n) is 2.59. The summed E-state index contributed by atoms with van der Waals surface area (Å²) in [6.45, 7) is 4.23. The molecule has 4 heteroatoms. The molecule has 1 atom stereocenters. The summed E-state index contributed by atoms with van der Waals surface area (Å²) in [6, 6.07) is 0.652. The molecule has 0 aliphatic carbocycles. The molecule has 1 heterocycles. The van der Waals surface area contributed by atoms with Crippen LogP contribution in [0.1, 0.15) is 31.7 Å². The van der Waals surface area contributed by atoms with Gasteiger partial charge in [0.15, 0.2) is 5.16 Å². The first-order valence-corrected chi connectivity index (χ1v) is 6.83. The summed E-state index contributed by atoms with van der Waals surface area (Å²) in [7, 11) is 2.03. The third kappa shape index (κ3) is 4.94. The lowest BCUT2D eigenvalue weighted by Crippen LogP contribution is -2.23. The minimum atomic E-state index is 0.652. The van der Waals surface area contributed by atoms with E-state index in [4.69, 9.17) is 0 Å². The second kappa shape index (κ2) is 7.63. The van der Waals surface area contributed by atoms with Crippen LogP contribution in [0.4, 0.5) is 0 Å². The van der Waals surface area contributed by atoms with Crippen LogP contribution in [0.3, 0.4) is 0 Å². The van der Waals surface area contributed by atoms with Crippen molar-refractivity contribution in [3.63, 3.8) is 0 Å². The topological polar surface area (TPSA) is 37.8 Å². The molecule has 0 aliphatic heterocycles. The fourth-order valence-electron chi connectivity index (χ4n) is 1.50. The van der Waals surface area contributed by atoms with Gasteiger partial charge in [-0.1, -0.05) is 18.7 Å². The molecule has 1 aromatic heterocycles. The van der Waals surface area contributed by atoms with Crippen LogP contribution in [0.5, 0.6) is 0 Å². The fourth-order valence-corrected chi connectivity index (χ4v) is 2.25. The zero-order valence-corrected chi connectivity index (χ0v) is 11.2. The fraction of sp³-hybridized carbons (Fsp3) is 0.667. The zero-order valence-electron chi connectivity index (χ0n) is 10.4. The molecule has 0 bridgehead atoms. The molecule has 3 nitrogen and oxygen atoms in total. The standard InChI is InChI=1S/C12H21N3S/c1-4-11(13-3)6-5-7-16-12-14-8-10(2)9-15-12/h8-9,11,13H,4-7H2,1-3H3. The summed E-state index contributed by atoms with van der Waals surface area (Å²) >= 11 is 1.74. The van der Waals surface area contributed by atoms with Gasteiger partial charge in [-0.25, -0.2) is 9.97 Å². The third-order valence-corrected chi connectivity index (χ3v) is 3.55. The predicted octanol–water partition coefficient (Wildman–Crippen LogP) is 2.66. The smallest absolute Gasteiger partial charge is 0.187 e. The summed E-state index contributed by atoms with van der Waals surface area (Å²) in [4.78, 5) is 8.54. The van der Waals surface area contributed by atoms with Gasteiger partial charge in [0.05, 0.1) is 0 Å². The number of hydrogen-bond acceptors (Lipinski definition) is 4. The quantitative estimate of drug-likeness (QED) is 0.451. The van der Waals surface area contributed by atoms with Crippen molar-refractivity contribution >= 4 is 11.8 Å². The Hall–Kier alpha value is -0.610. The number of thioether (sulfide) groups is 1. The monoisotopic (exact) mass is 239 g/mol. The number of nitrogens with zero attached hydrogens (tertiary/aromatic N) is 2. The highest BCUT2D eigenvalue weighted by atomic mass is 32.2. The molecule has 0 saturated heterocycles. The van der Waals surface area contributed by atoms with Crippen LogP contribution in [-0.2, 0) is 0 Å². The van der Waals surface area contributed by atoms with E-state index >= 15 is 0 Å². The number of aromatic nitrogens is 2. The molecule has 0 aromatic carbocycles. The molecule has 16 heavy (non-hydrogen) atoms. The molecule has 0 amide bonds. The largest absolute Gasteiger partial charge is 0.317 e. The van der Waals surface area contributed by atoms with Gasteiger partial charge in [0.25, 0.3) is 0 Å². The summed E-state index contributed by atoms with van der Waals surface area (Å²) in [5.41, 5.74) is 1.12. The van der Waals surface area contributed by atoms with Gasteiger partial charge in [-0.2, -0.15) is 0 Å². The molecule has 0 saturated carbocycles. The van der Waals surface area contributed by atoms with E-state index in [0.717, 1.165) is 16.5 Å². The van der Waals surface area contributed by atoms with E-state index in [9.17, 15) is 0 Å². The van der Waals surface area contributed by atoms with E-state index in [2.05, 4.69) is 22.2 Å². The van der Waals surface area contributed by atoms with Crippen molar-refractivity contribution in [3.05, 3.63) is 18.0 Å². The molecular weight excluding hydrogens is 218 g/mol. The highest BCUT2D eigenvalue weighted by Gasteiger charge is 2.03. The molecular formula is C12H21N3S. The van der Waals surface area contributed by atoms with Gasteiger partial charge < -0.3 is 5.32 Å². The Labute approximate surface area is 102 Å². The molecule has 0 spiro atoms. The SMILES string of the molecule is CCC(CCCSc1ncc(C)cn1)NC. The van der Waals surface area contributed by atoms with Crippen LogP contribution in [0.25, 0.3) is 0 Å². The average molecular weight is 239 g/mol. The van der Waals surface area contributed by atoms with Gasteiger partial charge >= 0.3 is 0 Å². The van der Waals surface area contributed by atoms with Crippen LogP contribution in [0.15, 0.2) is 17.6 Å². The molecule has 1 N–H and O–H groups in total. The maximum absolute atomic E-state index is 4.27. The van der Waals surface area contributed by atoms with Crippen molar-refractivity contribution in [2.75, 3.05) is 12.8 Å². The Morgan fingerprint density at radius 2 is 2.06 bits per heavy atom. The van der Waals surface area contributed by atoms with Crippen LogP contribution in [0, 0.1) is 6.92 Å². The van der Waals surface area contributed by atoms with E-state index in [1.165, 1.54) is 19.3 Å². The Morgan fingerprint density at radius 1 is 1.38 bits per heavy atom.